The van der Waals surface area contributed by atoms with Crippen molar-refractivity contribution in [3.63, 3.8) is 0 Å². The van der Waals surface area contributed by atoms with E-state index in [0.29, 0.717) is 23.0 Å². The van der Waals surface area contributed by atoms with Gasteiger partial charge in [-0.1, -0.05) is 18.2 Å². The predicted molar refractivity (Wildman–Crippen MR) is 107 cm³/mol. The summed E-state index contributed by atoms with van der Waals surface area (Å²) in [7, 11) is 0. The topological polar surface area (TPSA) is 69.4 Å². The van der Waals surface area contributed by atoms with Gasteiger partial charge in [0.25, 0.3) is 0 Å². The van der Waals surface area contributed by atoms with Crippen molar-refractivity contribution in [1.82, 2.24) is 10.7 Å². The van der Waals surface area contributed by atoms with Crippen molar-refractivity contribution in [3.8, 4) is 11.8 Å². The van der Waals surface area contributed by atoms with Gasteiger partial charge >= 0.3 is 0 Å². The highest BCUT2D eigenvalue weighted by Gasteiger charge is 2.05. The summed E-state index contributed by atoms with van der Waals surface area (Å²) in [6.45, 7) is 3.03. The molecule has 2 aromatic rings. The molecule has 2 rings (SSSR count). The smallest absolute Gasteiger partial charge is 0.186 e. The summed E-state index contributed by atoms with van der Waals surface area (Å²) in [5.74, 6) is 0.695. The van der Waals surface area contributed by atoms with Gasteiger partial charge in [0.2, 0.25) is 0 Å². The van der Waals surface area contributed by atoms with Crippen LogP contribution < -0.4 is 15.5 Å². The van der Waals surface area contributed by atoms with Gasteiger partial charge in [-0.15, -0.1) is 0 Å². The molecule has 0 heterocycles. The number of halogens is 1. The summed E-state index contributed by atoms with van der Waals surface area (Å²) in [4.78, 5) is 0. The fraction of sp³-hybridized carbons (Fsp3) is 0.167. The molecule has 0 spiro atoms. The van der Waals surface area contributed by atoms with Crippen LogP contribution in [0, 0.1) is 11.3 Å². The molecule has 5 nitrogen and oxygen atoms in total. The number of hydrogen-bond donors (Lipinski definition) is 2. The normalized spacial score (nSPS) is 10.3. The Kier molecular flexibility index (Phi) is 7.38. The van der Waals surface area contributed by atoms with Crippen LogP contribution in [0.1, 0.15) is 23.6 Å². The highest BCUT2D eigenvalue weighted by atomic mass is 79.9. The maximum atomic E-state index is 9.11. The second kappa shape index (κ2) is 9.77. The van der Waals surface area contributed by atoms with E-state index < -0.39 is 0 Å². The number of thiocarbonyl (C=S) groups is 1. The van der Waals surface area contributed by atoms with E-state index in [0.717, 1.165) is 22.1 Å². The third-order valence-electron chi connectivity index (χ3n) is 3.19. The third-order valence-corrected chi connectivity index (χ3v) is 4.05. The Bertz CT molecular complexity index is 817. The molecule has 0 amide bonds. The second-order valence-electron chi connectivity index (χ2n) is 4.98. The summed E-state index contributed by atoms with van der Waals surface area (Å²) < 4.78 is 6.61. The second-order valence-corrected chi connectivity index (χ2v) is 6.24. The van der Waals surface area contributed by atoms with E-state index in [1.807, 2.05) is 43.3 Å². The predicted octanol–water partition coefficient (Wildman–Crippen LogP) is 3.72. The zero-order valence-corrected chi connectivity index (χ0v) is 16.0. The SMILES string of the molecule is CCNC(=S)NN=Cc1ccc(OCc2ccccc2C#N)c(Br)c1. The maximum Gasteiger partial charge on any atom is 0.186 e. The van der Waals surface area contributed by atoms with Crippen molar-refractivity contribution in [3.05, 3.63) is 63.6 Å². The van der Waals surface area contributed by atoms with E-state index in [9.17, 15) is 0 Å². The van der Waals surface area contributed by atoms with E-state index >= 15 is 0 Å². The van der Waals surface area contributed by atoms with Crippen LogP contribution in [0.3, 0.4) is 0 Å². The molecule has 7 heteroatoms. The molecule has 0 fully saturated rings. The first kappa shape index (κ1) is 18.9. The van der Waals surface area contributed by atoms with Crippen LogP contribution in [0.4, 0.5) is 0 Å². The van der Waals surface area contributed by atoms with E-state index in [4.69, 9.17) is 22.2 Å². The molecule has 2 N–H and O–H groups in total. The standard InChI is InChI=1S/C18H17BrN4OS/c1-2-21-18(25)23-22-11-13-7-8-17(16(19)9-13)24-12-15-6-4-3-5-14(15)10-20/h3-9,11H,2,12H2,1H3,(H2,21,23,25). The lowest BCUT2D eigenvalue weighted by atomic mass is 10.1. The van der Waals surface area contributed by atoms with Gasteiger partial charge in [-0.3, -0.25) is 5.43 Å². The fourth-order valence-electron chi connectivity index (χ4n) is 1.99. The van der Waals surface area contributed by atoms with Crippen molar-refractivity contribution < 1.29 is 4.74 Å². The molecule has 128 valence electrons. The lowest BCUT2D eigenvalue weighted by Gasteiger charge is -2.10. The molecule has 2 aromatic carbocycles. The Balaban J connectivity index is 1.99. The molecule has 0 aromatic heterocycles. The van der Waals surface area contributed by atoms with Gasteiger partial charge in [0, 0.05) is 12.1 Å². The van der Waals surface area contributed by atoms with E-state index in [2.05, 4.69) is 37.8 Å². The van der Waals surface area contributed by atoms with Gasteiger partial charge in [0.05, 0.1) is 22.3 Å². The van der Waals surface area contributed by atoms with E-state index in [-0.39, 0.29) is 0 Å². The number of hydrazone groups is 1. The maximum absolute atomic E-state index is 9.11. The van der Waals surface area contributed by atoms with Gasteiger partial charge in [0.1, 0.15) is 12.4 Å². The third kappa shape index (κ3) is 5.85. The molecule has 0 aliphatic heterocycles. The van der Waals surface area contributed by atoms with Crippen molar-refractivity contribution in [2.75, 3.05) is 6.54 Å². The van der Waals surface area contributed by atoms with Crippen LogP contribution in [-0.2, 0) is 6.61 Å². The highest BCUT2D eigenvalue weighted by Crippen LogP contribution is 2.26. The number of nitrogens with one attached hydrogen (secondary N) is 2. The van der Waals surface area contributed by atoms with Crippen LogP contribution in [0.15, 0.2) is 52.0 Å². The van der Waals surface area contributed by atoms with Crippen LogP contribution in [-0.4, -0.2) is 17.9 Å². The van der Waals surface area contributed by atoms with Gasteiger partial charge in [0.15, 0.2) is 5.11 Å². The Morgan fingerprint density at radius 1 is 1.36 bits per heavy atom. The molecule has 0 atom stereocenters. The van der Waals surface area contributed by atoms with Crippen LogP contribution in [0.25, 0.3) is 0 Å². The largest absolute Gasteiger partial charge is 0.488 e. The Morgan fingerprint density at radius 2 is 2.16 bits per heavy atom. The Labute approximate surface area is 160 Å². The molecule has 0 bridgehead atoms. The summed E-state index contributed by atoms with van der Waals surface area (Å²) in [5.41, 5.74) is 5.10. The average Bonchev–Trinajstić information content (AvgIpc) is 2.61. The molecule has 25 heavy (non-hydrogen) atoms. The zero-order valence-electron chi connectivity index (χ0n) is 13.6. The molecule has 0 aliphatic carbocycles. The van der Waals surface area contributed by atoms with Gasteiger partial charge in [-0.2, -0.15) is 10.4 Å². The van der Waals surface area contributed by atoms with Crippen LogP contribution >= 0.6 is 28.1 Å². The molecule has 0 unspecified atom stereocenters. The number of ether oxygens (including phenoxy) is 1. The minimum atomic E-state index is 0.328. The molecular formula is C18H17BrN4OS. The summed E-state index contributed by atoms with van der Waals surface area (Å²) in [6, 6.07) is 15.2. The molecular weight excluding hydrogens is 400 g/mol. The number of nitriles is 1. The van der Waals surface area contributed by atoms with Crippen molar-refractivity contribution in [2.24, 2.45) is 5.10 Å². The molecule has 0 saturated heterocycles. The monoisotopic (exact) mass is 416 g/mol. The zero-order chi connectivity index (χ0) is 18.1. The van der Waals surface area contributed by atoms with E-state index in [1.54, 1.807) is 12.3 Å². The molecule has 0 aliphatic rings. The fourth-order valence-corrected chi connectivity index (χ4v) is 2.70. The average molecular weight is 417 g/mol. The summed E-state index contributed by atoms with van der Waals surface area (Å²) >= 11 is 8.52. The highest BCUT2D eigenvalue weighted by molar-refractivity contribution is 9.10. The number of hydrogen-bond acceptors (Lipinski definition) is 4. The minimum Gasteiger partial charge on any atom is -0.488 e. The van der Waals surface area contributed by atoms with E-state index in [1.165, 1.54) is 0 Å². The van der Waals surface area contributed by atoms with Gasteiger partial charge in [-0.05, 0) is 64.9 Å². The molecule has 0 saturated carbocycles. The number of benzene rings is 2. The first-order chi connectivity index (χ1) is 12.1. The molecule has 0 radical (unpaired) electrons. The minimum absolute atomic E-state index is 0.328. The Morgan fingerprint density at radius 3 is 2.88 bits per heavy atom. The van der Waals surface area contributed by atoms with Gasteiger partial charge in [-0.25, -0.2) is 0 Å². The summed E-state index contributed by atoms with van der Waals surface area (Å²) in [6.07, 6.45) is 1.67. The summed E-state index contributed by atoms with van der Waals surface area (Å²) in [5, 5.41) is 16.6. The number of rotatable bonds is 6. The van der Waals surface area contributed by atoms with Crippen LogP contribution in [0.2, 0.25) is 0 Å². The lowest BCUT2D eigenvalue weighted by Crippen LogP contribution is -2.31. The van der Waals surface area contributed by atoms with Crippen molar-refractivity contribution in [1.29, 1.82) is 5.26 Å². The van der Waals surface area contributed by atoms with Gasteiger partial charge < -0.3 is 10.1 Å². The first-order valence-corrected chi connectivity index (χ1v) is 8.81. The Hall–Kier alpha value is -2.43. The van der Waals surface area contributed by atoms with Crippen molar-refractivity contribution in [2.45, 2.75) is 13.5 Å². The lowest BCUT2D eigenvalue weighted by molar-refractivity contribution is 0.304. The number of nitrogens with zero attached hydrogens (tertiary/aromatic N) is 2. The van der Waals surface area contributed by atoms with Crippen molar-refractivity contribution >= 4 is 39.5 Å². The van der Waals surface area contributed by atoms with Crippen LogP contribution in [0.5, 0.6) is 5.75 Å². The quantitative estimate of drug-likeness (QED) is 0.426. The first-order valence-electron chi connectivity index (χ1n) is 7.61.